The summed E-state index contributed by atoms with van der Waals surface area (Å²) in [5.41, 5.74) is 0. The first kappa shape index (κ1) is 14.0. The Morgan fingerprint density at radius 3 is 2.58 bits per heavy atom. The number of rotatable bonds is 3. The van der Waals surface area contributed by atoms with E-state index in [4.69, 9.17) is 5.11 Å². The summed E-state index contributed by atoms with van der Waals surface area (Å²) in [5, 5.41) is 8.79. The third-order valence-electron chi connectivity index (χ3n) is 3.78. The molecule has 0 aliphatic carbocycles. The average Bonchev–Trinajstić information content (AvgIpc) is 2.57. The molecule has 0 saturated carbocycles. The minimum Gasteiger partial charge on any atom is -0.480 e. The number of hydrogen-bond acceptors (Lipinski definition) is 5. The van der Waals surface area contributed by atoms with Crippen LogP contribution in [-0.4, -0.2) is 83.4 Å². The number of carboxylic acid groups (broad SMARTS) is 1. The number of carboxylic acids is 1. The zero-order valence-electron chi connectivity index (χ0n) is 11.0. The van der Waals surface area contributed by atoms with Gasteiger partial charge in [0.2, 0.25) is 11.8 Å². The Morgan fingerprint density at radius 2 is 2.00 bits per heavy atom. The van der Waals surface area contributed by atoms with E-state index in [0.29, 0.717) is 19.6 Å². The molecule has 0 aromatic carbocycles. The van der Waals surface area contributed by atoms with Gasteiger partial charge in [-0.05, 0) is 6.42 Å². The molecule has 1 unspecified atom stereocenters. The van der Waals surface area contributed by atoms with Crippen molar-refractivity contribution in [3.8, 4) is 0 Å². The van der Waals surface area contributed by atoms with Crippen LogP contribution in [0, 0.1) is 0 Å². The van der Waals surface area contributed by atoms with Crippen LogP contribution in [0.5, 0.6) is 0 Å². The second-order valence-corrected chi connectivity index (χ2v) is 5.07. The standard InChI is InChI=1S/C12H19N3O4/c1-13-10(16)7-9(12(13)19)15-4-2-3-14(5-6-15)8-11(17)18/h9H,2-8H2,1H3,(H,17,18). The number of aliphatic carboxylic acids is 1. The SMILES string of the molecule is CN1C(=O)CC(N2CCCN(CC(=O)O)CC2)C1=O. The minimum absolute atomic E-state index is 0.0330. The molecule has 0 aromatic heterocycles. The molecule has 2 aliphatic heterocycles. The zero-order chi connectivity index (χ0) is 14.0. The van der Waals surface area contributed by atoms with Crippen molar-refractivity contribution in [1.29, 1.82) is 0 Å². The van der Waals surface area contributed by atoms with Gasteiger partial charge in [0.05, 0.1) is 19.0 Å². The normalized spacial score (nSPS) is 26.8. The van der Waals surface area contributed by atoms with E-state index in [1.165, 1.54) is 11.9 Å². The lowest BCUT2D eigenvalue weighted by molar-refractivity contribution is -0.139. The summed E-state index contributed by atoms with van der Waals surface area (Å²) in [6.45, 7) is 2.73. The maximum atomic E-state index is 11.9. The minimum atomic E-state index is -0.833. The zero-order valence-corrected chi connectivity index (χ0v) is 11.0. The molecule has 2 heterocycles. The predicted molar refractivity (Wildman–Crippen MR) is 66.4 cm³/mol. The van der Waals surface area contributed by atoms with Crippen molar-refractivity contribution >= 4 is 17.8 Å². The fraction of sp³-hybridized carbons (Fsp3) is 0.750. The lowest BCUT2D eigenvalue weighted by Crippen LogP contribution is -2.43. The first-order valence-electron chi connectivity index (χ1n) is 6.47. The number of hydrogen-bond donors (Lipinski definition) is 1. The highest BCUT2D eigenvalue weighted by Crippen LogP contribution is 2.18. The second-order valence-electron chi connectivity index (χ2n) is 5.07. The van der Waals surface area contributed by atoms with Crippen LogP contribution in [0.3, 0.4) is 0 Å². The Hall–Kier alpha value is -1.47. The van der Waals surface area contributed by atoms with E-state index in [1.54, 1.807) is 0 Å². The van der Waals surface area contributed by atoms with Crippen molar-refractivity contribution < 1.29 is 19.5 Å². The molecule has 0 bridgehead atoms. The first-order valence-corrected chi connectivity index (χ1v) is 6.47. The lowest BCUT2D eigenvalue weighted by atomic mass is 10.2. The number of amides is 2. The molecule has 19 heavy (non-hydrogen) atoms. The molecule has 0 radical (unpaired) electrons. The molecule has 7 nitrogen and oxygen atoms in total. The van der Waals surface area contributed by atoms with E-state index in [0.717, 1.165) is 13.0 Å². The second kappa shape index (κ2) is 5.66. The molecule has 2 fully saturated rings. The van der Waals surface area contributed by atoms with Gasteiger partial charge < -0.3 is 5.11 Å². The first-order chi connectivity index (χ1) is 8.99. The van der Waals surface area contributed by atoms with Gasteiger partial charge in [-0.1, -0.05) is 0 Å². The van der Waals surface area contributed by atoms with Gasteiger partial charge >= 0.3 is 5.97 Å². The van der Waals surface area contributed by atoms with E-state index < -0.39 is 5.97 Å². The van der Waals surface area contributed by atoms with Crippen LogP contribution >= 0.6 is 0 Å². The lowest BCUT2D eigenvalue weighted by Gasteiger charge is -2.25. The van der Waals surface area contributed by atoms with Crippen molar-refractivity contribution in [1.82, 2.24) is 14.7 Å². The summed E-state index contributed by atoms with van der Waals surface area (Å²) < 4.78 is 0. The third-order valence-corrected chi connectivity index (χ3v) is 3.78. The maximum Gasteiger partial charge on any atom is 0.317 e. The van der Waals surface area contributed by atoms with Crippen LogP contribution < -0.4 is 0 Å². The molecule has 106 valence electrons. The predicted octanol–water partition coefficient (Wildman–Crippen LogP) is -1.16. The third kappa shape index (κ3) is 3.10. The molecule has 0 aromatic rings. The van der Waals surface area contributed by atoms with E-state index >= 15 is 0 Å². The molecule has 1 N–H and O–H groups in total. The van der Waals surface area contributed by atoms with Gasteiger partial charge in [-0.2, -0.15) is 0 Å². The fourth-order valence-electron chi connectivity index (χ4n) is 2.67. The van der Waals surface area contributed by atoms with Gasteiger partial charge in [-0.3, -0.25) is 29.1 Å². The highest BCUT2D eigenvalue weighted by atomic mass is 16.4. The van der Waals surface area contributed by atoms with E-state index in [1.807, 2.05) is 9.80 Å². The molecular formula is C12H19N3O4. The van der Waals surface area contributed by atoms with Crippen molar-refractivity contribution in [2.45, 2.75) is 18.9 Å². The topological polar surface area (TPSA) is 81.2 Å². The molecule has 0 spiro atoms. The molecule has 2 aliphatic rings. The van der Waals surface area contributed by atoms with Crippen LogP contribution in [0.15, 0.2) is 0 Å². The highest BCUT2D eigenvalue weighted by molar-refractivity contribution is 6.05. The van der Waals surface area contributed by atoms with Crippen molar-refractivity contribution in [2.75, 3.05) is 39.8 Å². The Labute approximate surface area is 111 Å². The van der Waals surface area contributed by atoms with Crippen LogP contribution in [0.25, 0.3) is 0 Å². The Bertz CT molecular complexity index is 398. The Balaban J connectivity index is 1.94. The molecule has 7 heteroatoms. The van der Waals surface area contributed by atoms with Crippen molar-refractivity contribution in [3.05, 3.63) is 0 Å². The summed E-state index contributed by atoms with van der Waals surface area (Å²) in [4.78, 5) is 39.2. The van der Waals surface area contributed by atoms with Gasteiger partial charge in [0, 0.05) is 33.2 Å². The van der Waals surface area contributed by atoms with Gasteiger partial charge in [0.1, 0.15) is 0 Å². The number of imide groups is 1. The van der Waals surface area contributed by atoms with Crippen molar-refractivity contribution in [2.24, 2.45) is 0 Å². The molecule has 2 amide bonds. The van der Waals surface area contributed by atoms with Crippen LogP contribution in [-0.2, 0) is 14.4 Å². The van der Waals surface area contributed by atoms with Gasteiger partial charge in [-0.15, -0.1) is 0 Å². The summed E-state index contributed by atoms with van der Waals surface area (Å²) in [6.07, 6.45) is 1.06. The average molecular weight is 269 g/mol. The van der Waals surface area contributed by atoms with Crippen molar-refractivity contribution in [3.63, 3.8) is 0 Å². The molecule has 2 saturated heterocycles. The molecule has 2 rings (SSSR count). The van der Waals surface area contributed by atoms with Gasteiger partial charge in [0.15, 0.2) is 0 Å². The molecule has 1 atom stereocenters. The number of carbonyl (C=O) groups excluding carboxylic acids is 2. The monoisotopic (exact) mass is 269 g/mol. The Morgan fingerprint density at radius 1 is 1.26 bits per heavy atom. The number of likely N-dealkylation sites (tertiary alicyclic amines) is 1. The number of likely N-dealkylation sites (N-methyl/N-ethyl adjacent to an activating group) is 1. The van der Waals surface area contributed by atoms with E-state index in [9.17, 15) is 14.4 Å². The largest absolute Gasteiger partial charge is 0.480 e. The van der Waals surface area contributed by atoms with Crippen LogP contribution in [0.2, 0.25) is 0 Å². The summed E-state index contributed by atoms with van der Waals surface area (Å²) >= 11 is 0. The summed E-state index contributed by atoms with van der Waals surface area (Å²) in [5.74, 6) is -1.11. The Kier molecular flexibility index (Phi) is 4.16. The van der Waals surface area contributed by atoms with E-state index in [2.05, 4.69) is 0 Å². The van der Waals surface area contributed by atoms with Gasteiger partial charge in [0.25, 0.3) is 0 Å². The quantitative estimate of drug-likeness (QED) is 0.651. The number of nitrogens with zero attached hydrogens (tertiary/aromatic N) is 3. The van der Waals surface area contributed by atoms with Gasteiger partial charge in [-0.25, -0.2) is 0 Å². The fourth-order valence-corrected chi connectivity index (χ4v) is 2.67. The highest BCUT2D eigenvalue weighted by Gasteiger charge is 2.40. The summed E-state index contributed by atoms with van der Waals surface area (Å²) in [6, 6.07) is -0.359. The molecular weight excluding hydrogens is 250 g/mol. The number of carbonyl (C=O) groups is 3. The van der Waals surface area contributed by atoms with Crippen LogP contribution in [0.1, 0.15) is 12.8 Å². The summed E-state index contributed by atoms with van der Waals surface area (Å²) in [7, 11) is 1.51. The smallest absolute Gasteiger partial charge is 0.317 e. The van der Waals surface area contributed by atoms with E-state index in [-0.39, 0.29) is 30.8 Å². The maximum absolute atomic E-state index is 11.9. The van der Waals surface area contributed by atoms with Crippen LogP contribution in [0.4, 0.5) is 0 Å².